The number of alkyl halides is 3. The maximum Gasteiger partial charge on any atom is 0.419 e. The Labute approximate surface area is 172 Å². The molecule has 3 aromatic rings. The van der Waals surface area contributed by atoms with Crippen LogP contribution in [-0.2, 0) is 6.18 Å². The van der Waals surface area contributed by atoms with Crippen LogP contribution in [0.3, 0.4) is 0 Å². The predicted octanol–water partition coefficient (Wildman–Crippen LogP) is 6.13. The molecule has 29 heavy (non-hydrogen) atoms. The monoisotopic (exact) mass is 443 g/mol. The van der Waals surface area contributed by atoms with Crippen LogP contribution >= 0.6 is 23.2 Å². The highest BCUT2D eigenvalue weighted by Gasteiger charge is 2.34. The number of hydrogen-bond acceptors (Lipinski definition) is 5. The van der Waals surface area contributed by atoms with Gasteiger partial charge >= 0.3 is 6.18 Å². The van der Waals surface area contributed by atoms with Crippen molar-refractivity contribution >= 4 is 46.9 Å². The van der Waals surface area contributed by atoms with Gasteiger partial charge in [0.2, 0.25) is 5.95 Å². The molecular formula is C18H11Cl2F4N5. The SMILES string of the molecule is Fc1ccc(Nc2cc(Cl)nc(N/N=C/c3cccc(Cl)c3)n2)cc1C(F)(F)F. The van der Waals surface area contributed by atoms with E-state index in [-0.39, 0.29) is 22.6 Å². The lowest BCUT2D eigenvalue weighted by atomic mass is 10.2. The number of benzene rings is 2. The first-order valence-electron chi connectivity index (χ1n) is 7.94. The average molecular weight is 444 g/mol. The molecule has 2 aromatic carbocycles. The van der Waals surface area contributed by atoms with Crippen LogP contribution < -0.4 is 10.7 Å². The first-order chi connectivity index (χ1) is 13.7. The lowest BCUT2D eigenvalue weighted by Gasteiger charge is -2.12. The number of hydrazone groups is 1. The van der Waals surface area contributed by atoms with Crippen molar-refractivity contribution in [2.75, 3.05) is 10.7 Å². The van der Waals surface area contributed by atoms with Crippen LogP contribution in [-0.4, -0.2) is 16.2 Å². The molecular weight excluding hydrogens is 433 g/mol. The number of hydrogen-bond donors (Lipinski definition) is 2. The third-order valence-corrected chi connectivity index (χ3v) is 3.89. The molecule has 0 atom stereocenters. The third kappa shape index (κ3) is 5.78. The van der Waals surface area contributed by atoms with Gasteiger partial charge < -0.3 is 5.32 Å². The zero-order valence-corrected chi connectivity index (χ0v) is 15.8. The van der Waals surface area contributed by atoms with E-state index in [0.29, 0.717) is 17.2 Å². The van der Waals surface area contributed by atoms with Crippen LogP contribution in [0, 0.1) is 5.82 Å². The van der Waals surface area contributed by atoms with Gasteiger partial charge in [-0.05, 0) is 35.9 Å². The van der Waals surface area contributed by atoms with Gasteiger partial charge in [-0.25, -0.2) is 9.82 Å². The van der Waals surface area contributed by atoms with Gasteiger partial charge in [0.05, 0.1) is 11.8 Å². The smallest absolute Gasteiger partial charge is 0.340 e. The van der Waals surface area contributed by atoms with E-state index in [1.807, 2.05) is 0 Å². The van der Waals surface area contributed by atoms with E-state index < -0.39 is 17.6 Å². The molecule has 0 fully saturated rings. The highest BCUT2D eigenvalue weighted by Crippen LogP contribution is 2.33. The molecule has 2 N–H and O–H groups in total. The maximum atomic E-state index is 13.4. The lowest BCUT2D eigenvalue weighted by molar-refractivity contribution is -0.139. The van der Waals surface area contributed by atoms with Crippen molar-refractivity contribution < 1.29 is 17.6 Å². The Morgan fingerprint density at radius 3 is 2.52 bits per heavy atom. The standard InChI is InChI=1S/C18H11Cl2F4N5/c19-11-3-1-2-10(6-11)9-25-29-17-27-15(20)8-16(28-17)26-12-4-5-14(21)13(7-12)18(22,23)24/h1-9H,(H2,26,27,28,29)/b25-9+. The quantitative estimate of drug-likeness (QED) is 0.215. The molecule has 5 nitrogen and oxygen atoms in total. The fourth-order valence-corrected chi connectivity index (χ4v) is 2.63. The second-order valence-corrected chi connectivity index (χ2v) is 6.47. The summed E-state index contributed by atoms with van der Waals surface area (Å²) in [7, 11) is 0. The number of nitrogens with zero attached hydrogens (tertiary/aromatic N) is 3. The summed E-state index contributed by atoms with van der Waals surface area (Å²) in [6.07, 6.45) is -3.36. The Hall–Kier alpha value is -2.91. The summed E-state index contributed by atoms with van der Waals surface area (Å²) in [5, 5.41) is 7.14. The Morgan fingerprint density at radius 1 is 1.00 bits per heavy atom. The van der Waals surface area contributed by atoms with Crippen molar-refractivity contribution in [2.45, 2.75) is 6.18 Å². The van der Waals surface area contributed by atoms with E-state index >= 15 is 0 Å². The summed E-state index contributed by atoms with van der Waals surface area (Å²) in [5.74, 6) is -1.29. The van der Waals surface area contributed by atoms with Gasteiger partial charge in [0, 0.05) is 16.8 Å². The summed E-state index contributed by atoms with van der Waals surface area (Å²) in [5.41, 5.74) is 1.86. The van der Waals surface area contributed by atoms with Crippen LogP contribution in [0.2, 0.25) is 10.2 Å². The molecule has 0 saturated heterocycles. The first kappa shape index (κ1) is 20.8. The Balaban J connectivity index is 1.77. The minimum absolute atomic E-state index is 0.00330. The minimum Gasteiger partial charge on any atom is -0.340 e. The Bertz CT molecular complexity index is 1060. The van der Waals surface area contributed by atoms with Crippen LogP contribution in [0.4, 0.5) is 35.0 Å². The van der Waals surface area contributed by atoms with Gasteiger partial charge in [-0.2, -0.15) is 28.2 Å². The molecule has 0 aliphatic heterocycles. The van der Waals surface area contributed by atoms with Gasteiger partial charge in [0.25, 0.3) is 0 Å². The van der Waals surface area contributed by atoms with Crippen molar-refractivity contribution in [3.63, 3.8) is 0 Å². The van der Waals surface area contributed by atoms with Gasteiger partial charge in [-0.15, -0.1) is 0 Å². The summed E-state index contributed by atoms with van der Waals surface area (Å²) in [6, 6.07) is 10.7. The van der Waals surface area contributed by atoms with Gasteiger partial charge in [0.15, 0.2) is 0 Å². The van der Waals surface area contributed by atoms with Gasteiger partial charge in [-0.1, -0.05) is 35.3 Å². The summed E-state index contributed by atoms with van der Waals surface area (Å²) < 4.78 is 52.0. The number of halogens is 6. The second kappa shape index (κ2) is 8.62. The van der Waals surface area contributed by atoms with E-state index in [1.165, 1.54) is 12.3 Å². The summed E-state index contributed by atoms with van der Waals surface area (Å²) in [4.78, 5) is 7.98. The highest BCUT2D eigenvalue weighted by molar-refractivity contribution is 6.30. The van der Waals surface area contributed by atoms with Crippen molar-refractivity contribution in [3.8, 4) is 0 Å². The largest absolute Gasteiger partial charge is 0.419 e. The molecule has 0 radical (unpaired) electrons. The van der Waals surface area contributed by atoms with E-state index in [2.05, 4.69) is 25.8 Å². The second-order valence-electron chi connectivity index (χ2n) is 5.64. The molecule has 0 aliphatic rings. The van der Waals surface area contributed by atoms with Crippen LogP contribution in [0.25, 0.3) is 0 Å². The molecule has 0 bridgehead atoms. The number of anilines is 3. The molecule has 0 unspecified atom stereocenters. The van der Waals surface area contributed by atoms with Crippen LogP contribution in [0.15, 0.2) is 53.6 Å². The van der Waals surface area contributed by atoms with Crippen molar-refractivity contribution in [3.05, 3.63) is 75.7 Å². The molecule has 0 aliphatic carbocycles. The number of nitrogens with one attached hydrogen (secondary N) is 2. The minimum atomic E-state index is -4.83. The molecule has 0 amide bonds. The van der Waals surface area contributed by atoms with E-state index in [1.54, 1.807) is 24.3 Å². The molecule has 3 rings (SSSR count). The zero-order valence-electron chi connectivity index (χ0n) is 14.3. The third-order valence-electron chi connectivity index (χ3n) is 3.47. The number of rotatable bonds is 5. The molecule has 0 spiro atoms. The van der Waals surface area contributed by atoms with Gasteiger partial charge in [-0.3, -0.25) is 0 Å². The molecule has 150 valence electrons. The van der Waals surface area contributed by atoms with Crippen molar-refractivity contribution in [1.29, 1.82) is 0 Å². The normalized spacial score (nSPS) is 11.7. The number of aromatic nitrogens is 2. The fourth-order valence-electron chi connectivity index (χ4n) is 2.25. The van der Waals surface area contributed by atoms with E-state index in [0.717, 1.165) is 11.6 Å². The summed E-state index contributed by atoms with van der Waals surface area (Å²) >= 11 is 11.8. The first-order valence-corrected chi connectivity index (χ1v) is 8.69. The molecule has 1 heterocycles. The predicted molar refractivity (Wildman–Crippen MR) is 104 cm³/mol. The molecule has 1 aromatic heterocycles. The van der Waals surface area contributed by atoms with Crippen LogP contribution in [0.5, 0.6) is 0 Å². The fraction of sp³-hybridized carbons (Fsp3) is 0.0556. The summed E-state index contributed by atoms with van der Waals surface area (Å²) in [6.45, 7) is 0. The van der Waals surface area contributed by atoms with Gasteiger partial charge in [0.1, 0.15) is 16.8 Å². The van der Waals surface area contributed by atoms with Crippen LogP contribution in [0.1, 0.15) is 11.1 Å². The Kier molecular flexibility index (Phi) is 6.19. The average Bonchev–Trinajstić information content (AvgIpc) is 2.62. The highest BCUT2D eigenvalue weighted by atomic mass is 35.5. The van der Waals surface area contributed by atoms with E-state index in [4.69, 9.17) is 23.2 Å². The topological polar surface area (TPSA) is 62.2 Å². The maximum absolute atomic E-state index is 13.4. The zero-order chi connectivity index (χ0) is 21.0. The Morgan fingerprint density at radius 2 is 1.79 bits per heavy atom. The van der Waals surface area contributed by atoms with Crippen molar-refractivity contribution in [2.24, 2.45) is 5.10 Å². The molecule has 0 saturated carbocycles. The molecule has 11 heteroatoms. The lowest BCUT2D eigenvalue weighted by Crippen LogP contribution is -2.09. The van der Waals surface area contributed by atoms with Crippen molar-refractivity contribution in [1.82, 2.24) is 9.97 Å². The van der Waals surface area contributed by atoms with E-state index in [9.17, 15) is 17.6 Å².